The maximum atomic E-state index is 10.6. The molecule has 0 bridgehead atoms. The van der Waals surface area contributed by atoms with Crippen molar-refractivity contribution in [3.63, 3.8) is 0 Å². The minimum Gasteiger partial charge on any atom is -0.477 e. The molecule has 0 unspecified atom stereocenters. The van der Waals surface area contributed by atoms with Crippen molar-refractivity contribution in [2.24, 2.45) is 0 Å². The Labute approximate surface area is 72.8 Å². The molecule has 0 aliphatic heterocycles. The van der Waals surface area contributed by atoms with E-state index >= 15 is 0 Å². The lowest BCUT2D eigenvalue weighted by Gasteiger charge is -1.96. The Bertz CT molecular complexity index is 224. The molecule has 0 aromatic heterocycles. The van der Waals surface area contributed by atoms with Crippen LogP contribution >= 0.6 is 23.2 Å². The van der Waals surface area contributed by atoms with Crippen LogP contribution in [-0.2, 0) is 9.59 Å². The lowest BCUT2D eigenvalue weighted by molar-refractivity contribution is -0.132. The van der Waals surface area contributed by atoms with Crippen molar-refractivity contribution >= 4 is 35.1 Å². The van der Waals surface area contributed by atoms with Crippen LogP contribution in [0, 0.1) is 0 Å². The standard InChI is InChI=1S/C5H5Cl2NO3/c1-8-4(9)2(6)3(7)5(10)11/h1H3,(H,8,9)(H,10,11)/b3-2-. The summed E-state index contributed by atoms with van der Waals surface area (Å²) in [6.45, 7) is 0. The SMILES string of the molecule is CNC(=O)/C(Cl)=C(/Cl)C(=O)O. The maximum absolute atomic E-state index is 10.6. The minimum atomic E-state index is -1.43. The second-order valence-corrected chi connectivity index (χ2v) is 2.27. The first kappa shape index (κ1) is 10.3. The van der Waals surface area contributed by atoms with Gasteiger partial charge in [-0.3, -0.25) is 4.79 Å². The normalized spacial score (nSPS) is 11.9. The smallest absolute Gasteiger partial charge is 0.349 e. The van der Waals surface area contributed by atoms with E-state index in [-0.39, 0.29) is 0 Å². The van der Waals surface area contributed by atoms with Gasteiger partial charge in [0.05, 0.1) is 0 Å². The highest BCUT2D eigenvalue weighted by Gasteiger charge is 2.15. The molecule has 0 aliphatic rings. The number of hydrogen-bond acceptors (Lipinski definition) is 2. The number of aliphatic carboxylic acids is 1. The third-order valence-corrected chi connectivity index (χ3v) is 1.61. The fourth-order valence-corrected chi connectivity index (χ4v) is 0.564. The van der Waals surface area contributed by atoms with Gasteiger partial charge in [-0.25, -0.2) is 4.79 Å². The third kappa shape index (κ3) is 2.78. The van der Waals surface area contributed by atoms with E-state index in [1.807, 2.05) is 0 Å². The number of carbonyl (C=O) groups excluding carboxylic acids is 1. The molecule has 0 heterocycles. The monoisotopic (exact) mass is 197 g/mol. The number of rotatable bonds is 2. The van der Waals surface area contributed by atoms with Crippen molar-refractivity contribution < 1.29 is 14.7 Å². The summed E-state index contributed by atoms with van der Waals surface area (Å²) < 4.78 is 0. The lowest BCUT2D eigenvalue weighted by atomic mass is 10.4. The molecular weight excluding hydrogens is 193 g/mol. The summed E-state index contributed by atoms with van der Waals surface area (Å²) in [6, 6.07) is 0. The molecule has 1 amide bonds. The van der Waals surface area contributed by atoms with Crippen LogP contribution in [0.1, 0.15) is 0 Å². The third-order valence-electron chi connectivity index (χ3n) is 0.807. The lowest BCUT2D eigenvalue weighted by Crippen LogP contribution is -2.19. The van der Waals surface area contributed by atoms with E-state index in [1.54, 1.807) is 0 Å². The molecule has 2 N–H and O–H groups in total. The van der Waals surface area contributed by atoms with Gasteiger partial charge < -0.3 is 10.4 Å². The second kappa shape index (κ2) is 4.20. The van der Waals surface area contributed by atoms with Gasteiger partial charge in [-0.2, -0.15) is 0 Å². The summed E-state index contributed by atoms with van der Waals surface area (Å²) in [7, 11) is 1.32. The molecule has 0 saturated carbocycles. The summed E-state index contributed by atoms with van der Waals surface area (Å²) in [5.41, 5.74) is 0. The Morgan fingerprint density at radius 2 is 1.73 bits per heavy atom. The zero-order valence-corrected chi connectivity index (χ0v) is 7.03. The van der Waals surface area contributed by atoms with Gasteiger partial charge in [0.2, 0.25) is 0 Å². The molecule has 0 spiro atoms. The van der Waals surface area contributed by atoms with E-state index in [0.717, 1.165) is 0 Å². The predicted molar refractivity (Wildman–Crippen MR) is 40.4 cm³/mol. The first-order valence-electron chi connectivity index (χ1n) is 2.51. The summed E-state index contributed by atoms with van der Waals surface area (Å²) in [5.74, 6) is -2.15. The van der Waals surface area contributed by atoms with Crippen molar-refractivity contribution in [1.82, 2.24) is 5.32 Å². The van der Waals surface area contributed by atoms with Gasteiger partial charge in [-0.15, -0.1) is 0 Å². The van der Waals surface area contributed by atoms with E-state index in [4.69, 9.17) is 28.3 Å². The Hall–Kier alpha value is -0.740. The van der Waals surface area contributed by atoms with Crippen molar-refractivity contribution in [2.75, 3.05) is 7.05 Å². The molecule has 0 atom stereocenters. The highest BCUT2D eigenvalue weighted by molar-refractivity contribution is 6.53. The van der Waals surface area contributed by atoms with Crippen LogP contribution in [0.2, 0.25) is 0 Å². The molecule has 4 nitrogen and oxygen atoms in total. The van der Waals surface area contributed by atoms with Crippen LogP contribution in [0.5, 0.6) is 0 Å². The quantitative estimate of drug-likeness (QED) is 0.635. The highest BCUT2D eigenvalue weighted by atomic mass is 35.5. The zero-order valence-electron chi connectivity index (χ0n) is 5.52. The van der Waals surface area contributed by atoms with Crippen molar-refractivity contribution in [1.29, 1.82) is 0 Å². The molecular formula is C5H5Cl2NO3. The average molecular weight is 198 g/mol. The van der Waals surface area contributed by atoms with Crippen molar-refractivity contribution in [3.8, 4) is 0 Å². The van der Waals surface area contributed by atoms with Crippen LogP contribution < -0.4 is 5.32 Å². The van der Waals surface area contributed by atoms with Gasteiger partial charge >= 0.3 is 5.97 Å². The van der Waals surface area contributed by atoms with Gasteiger partial charge in [0.15, 0.2) is 0 Å². The zero-order chi connectivity index (χ0) is 9.02. The molecule has 0 aromatic rings. The predicted octanol–water partition coefficient (Wildman–Crippen LogP) is 0.506. The molecule has 6 heteroatoms. The van der Waals surface area contributed by atoms with Crippen molar-refractivity contribution in [2.45, 2.75) is 0 Å². The molecule has 11 heavy (non-hydrogen) atoms. The van der Waals surface area contributed by atoms with E-state index in [0.29, 0.717) is 0 Å². The number of likely N-dealkylation sites (N-methyl/N-ethyl adjacent to an activating group) is 1. The number of hydrogen-bond donors (Lipinski definition) is 2. The van der Waals surface area contributed by atoms with Crippen LogP contribution in [0.15, 0.2) is 10.1 Å². The van der Waals surface area contributed by atoms with Crippen LogP contribution in [-0.4, -0.2) is 24.0 Å². The van der Waals surface area contributed by atoms with Gasteiger partial charge in [-0.1, -0.05) is 23.2 Å². The average Bonchev–Trinajstić information content (AvgIpc) is 2.00. The number of nitrogens with one attached hydrogen (secondary N) is 1. The molecule has 0 fully saturated rings. The second-order valence-electron chi connectivity index (χ2n) is 1.51. The van der Waals surface area contributed by atoms with E-state index in [2.05, 4.69) is 5.32 Å². The van der Waals surface area contributed by atoms with Gasteiger partial charge in [0, 0.05) is 7.05 Å². The van der Waals surface area contributed by atoms with E-state index < -0.39 is 21.9 Å². The maximum Gasteiger partial charge on any atom is 0.349 e. The Morgan fingerprint density at radius 1 is 1.27 bits per heavy atom. The summed E-state index contributed by atoms with van der Waals surface area (Å²) in [5, 5.41) is 9.15. The Kier molecular flexibility index (Phi) is 3.92. The molecule has 0 aliphatic carbocycles. The van der Waals surface area contributed by atoms with Crippen LogP contribution in [0.4, 0.5) is 0 Å². The summed E-state index contributed by atoms with van der Waals surface area (Å²) in [4.78, 5) is 20.7. The first-order valence-corrected chi connectivity index (χ1v) is 3.27. The minimum absolute atomic E-state index is 0.526. The fourth-order valence-electron chi connectivity index (χ4n) is 0.303. The Balaban J connectivity index is 4.66. The topological polar surface area (TPSA) is 66.4 Å². The Morgan fingerprint density at radius 3 is 2.00 bits per heavy atom. The number of carbonyl (C=O) groups is 2. The largest absolute Gasteiger partial charge is 0.477 e. The molecule has 0 aromatic carbocycles. The number of carboxylic acids is 1. The first-order chi connectivity index (χ1) is 5.00. The van der Waals surface area contributed by atoms with Crippen molar-refractivity contribution in [3.05, 3.63) is 10.1 Å². The van der Waals surface area contributed by atoms with Crippen LogP contribution in [0.25, 0.3) is 0 Å². The fraction of sp³-hybridized carbons (Fsp3) is 0.200. The van der Waals surface area contributed by atoms with Gasteiger partial charge in [-0.05, 0) is 0 Å². The molecule has 0 radical (unpaired) electrons. The molecule has 0 rings (SSSR count). The molecule has 62 valence electrons. The van der Waals surface area contributed by atoms with E-state index in [1.165, 1.54) is 7.05 Å². The van der Waals surface area contributed by atoms with Gasteiger partial charge in [0.25, 0.3) is 5.91 Å². The number of carboxylic acid groups (broad SMARTS) is 1. The molecule has 0 saturated heterocycles. The van der Waals surface area contributed by atoms with Crippen LogP contribution in [0.3, 0.4) is 0 Å². The van der Waals surface area contributed by atoms with E-state index in [9.17, 15) is 9.59 Å². The summed E-state index contributed by atoms with van der Waals surface area (Å²) in [6.07, 6.45) is 0. The number of halogens is 2. The summed E-state index contributed by atoms with van der Waals surface area (Å²) >= 11 is 10.4. The van der Waals surface area contributed by atoms with Gasteiger partial charge in [0.1, 0.15) is 10.1 Å². The number of amides is 1. The highest BCUT2D eigenvalue weighted by Crippen LogP contribution is 2.13.